The van der Waals surface area contributed by atoms with Gasteiger partial charge in [-0.05, 0) is 29.0 Å². The summed E-state index contributed by atoms with van der Waals surface area (Å²) < 4.78 is 5.82. The highest BCUT2D eigenvalue weighted by Gasteiger charge is 2.23. The van der Waals surface area contributed by atoms with Crippen molar-refractivity contribution in [2.75, 3.05) is 0 Å². The molecule has 82 valence electrons. The lowest BCUT2D eigenvalue weighted by molar-refractivity contribution is -0.672. The van der Waals surface area contributed by atoms with Gasteiger partial charge in [0.2, 0.25) is 12.0 Å². The van der Waals surface area contributed by atoms with E-state index in [4.69, 9.17) is 11.6 Å². The Bertz CT molecular complexity index is 600. The van der Waals surface area contributed by atoms with Gasteiger partial charge in [0.15, 0.2) is 0 Å². The predicted octanol–water partition coefficient (Wildman–Crippen LogP) is 1.02. The molecule has 0 saturated heterocycles. The minimum absolute atomic E-state index is 0.0922. The largest absolute Gasteiger partial charge is 0.438 e. The summed E-state index contributed by atoms with van der Waals surface area (Å²) in [5.74, 6) is 0. The number of hydrogen-bond acceptors (Lipinski definition) is 3. The number of rotatable bonds is 2. The third-order valence-electron chi connectivity index (χ3n) is 2.19. The van der Waals surface area contributed by atoms with E-state index in [1.165, 1.54) is 4.68 Å². The zero-order valence-corrected chi connectivity index (χ0v) is 9.12. The molecule has 2 rings (SSSR count). The van der Waals surface area contributed by atoms with E-state index in [9.17, 15) is 9.59 Å². The molecule has 0 spiro atoms. The summed E-state index contributed by atoms with van der Waals surface area (Å²) in [5, 5.41) is 2.94. The first kappa shape index (κ1) is 10.6. The van der Waals surface area contributed by atoms with Gasteiger partial charge in [-0.3, -0.25) is 9.32 Å². The molecule has 0 aliphatic carbocycles. The zero-order chi connectivity index (χ0) is 11.7. The molecule has 5 nitrogen and oxygen atoms in total. The number of H-pyrrole nitrogens is 1. The Hall–Kier alpha value is -1.88. The van der Waals surface area contributed by atoms with E-state index in [2.05, 4.69) is 9.79 Å². The number of aromatic amines is 1. The molecule has 0 radical (unpaired) electrons. The average molecular weight is 240 g/mol. The molecule has 0 atom stereocenters. The molecule has 1 heterocycles. The number of benzene rings is 1. The number of halogens is 1. The maximum Gasteiger partial charge on any atom is 0.438 e. The van der Waals surface area contributed by atoms with Crippen LogP contribution in [0.1, 0.15) is 16.1 Å². The molecule has 0 aliphatic heterocycles. The van der Waals surface area contributed by atoms with Crippen LogP contribution in [0.25, 0.3) is 5.69 Å². The zero-order valence-electron chi connectivity index (χ0n) is 8.36. The lowest BCUT2D eigenvalue weighted by atomic mass is 10.2. The fraction of sp³-hybridized carbons (Fsp3) is 0.100. The van der Waals surface area contributed by atoms with Gasteiger partial charge in [0.1, 0.15) is 0 Å². The first-order valence-corrected chi connectivity index (χ1v) is 4.86. The Morgan fingerprint density at radius 1 is 1.50 bits per heavy atom. The summed E-state index contributed by atoms with van der Waals surface area (Å²) >= 11 is 5.81. The van der Waals surface area contributed by atoms with Crippen LogP contribution in [0.5, 0.6) is 0 Å². The molecule has 0 amide bonds. The summed E-state index contributed by atoms with van der Waals surface area (Å²) in [6.07, 6.45) is 0.441. The van der Waals surface area contributed by atoms with E-state index in [0.717, 1.165) is 5.56 Å². The number of aldehydes is 1. The van der Waals surface area contributed by atoms with Crippen LogP contribution in [0.3, 0.4) is 0 Å². The van der Waals surface area contributed by atoms with Crippen molar-refractivity contribution in [2.45, 2.75) is 6.92 Å². The standard InChI is InChI=1S/C10H7ClN2O3/c1-6-4-7(11)2-3-8(6)13-9(5-14)10(15)16-12-13/h2-5H,1H3/p+1. The molecule has 2 aromatic rings. The fourth-order valence-corrected chi connectivity index (χ4v) is 1.66. The Balaban J connectivity index is 2.67. The third kappa shape index (κ3) is 1.65. The Morgan fingerprint density at radius 2 is 2.25 bits per heavy atom. The summed E-state index contributed by atoms with van der Waals surface area (Å²) in [4.78, 5) is 21.9. The second-order valence-electron chi connectivity index (χ2n) is 3.25. The van der Waals surface area contributed by atoms with Gasteiger partial charge in [-0.25, -0.2) is 4.79 Å². The lowest BCUT2D eigenvalue weighted by Crippen LogP contribution is -2.39. The molecule has 6 heteroatoms. The Labute approximate surface area is 95.2 Å². The molecular weight excluding hydrogens is 232 g/mol. The molecule has 16 heavy (non-hydrogen) atoms. The molecule has 1 aromatic carbocycles. The molecule has 0 fully saturated rings. The number of hydrogen-bond donors (Lipinski definition) is 1. The van der Waals surface area contributed by atoms with E-state index in [1.54, 1.807) is 18.2 Å². The molecule has 1 aromatic heterocycles. The van der Waals surface area contributed by atoms with Crippen molar-refractivity contribution >= 4 is 17.9 Å². The highest BCUT2D eigenvalue weighted by Crippen LogP contribution is 2.14. The quantitative estimate of drug-likeness (QED) is 0.629. The Kier molecular flexibility index (Phi) is 2.62. The van der Waals surface area contributed by atoms with Gasteiger partial charge >= 0.3 is 11.3 Å². The van der Waals surface area contributed by atoms with Gasteiger partial charge in [0.05, 0.1) is 0 Å². The minimum Gasteiger partial charge on any atom is -0.291 e. The number of nitrogens with zero attached hydrogens (tertiary/aromatic N) is 1. The molecule has 0 bridgehead atoms. The molecule has 0 saturated carbocycles. The van der Waals surface area contributed by atoms with Crippen LogP contribution in [0.4, 0.5) is 0 Å². The first-order chi connectivity index (χ1) is 7.63. The monoisotopic (exact) mass is 239 g/mol. The lowest BCUT2D eigenvalue weighted by Gasteiger charge is -1.96. The minimum atomic E-state index is -0.704. The van der Waals surface area contributed by atoms with E-state index in [1.807, 2.05) is 6.92 Å². The van der Waals surface area contributed by atoms with Gasteiger partial charge in [-0.1, -0.05) is 11.6 Å². The number of aromatic nitrogens is 2. The highest BCUT2D eigenvalue weighted by atomic mass is 35.5. The summed E-state index contributed by atoms with van der Waals surface area (Å²) in [6, 6.07) is 5.08. The fourth-order valence-electron chi connectivity index (χ4n) is 1.43. The maximum absolute atomic E-state index is 11.1. The van der Waals surface area contributed by atoms with E-state index < -0.39 is 5.63 Å². The molecule has 0 unspecified atom stereocenters. The number of carbonyl (C=O) groups is 1. The van der Waals surface area contributed by atoms with Crippen LogP contribution in [0.15, 0.2) is 27.5 Å². The normalized spacial score (nSPS) is 10.4. The van der Waals surface area contributed by atoms with Crippen LogP contribution in [-0.4, -0.2) is 11.6 Å². The van der Waals surface area contributed by atoms with Crippen molar-refractivity contribution in [1.82, 2.24) is 5.27 Å². The van der Waals surface area contributed by atoms with Crippen molar-refractivity contribution in [3.63, 3.8) is 0 Å². The molecule has 1 N–H and O–H groups in total. The van der Waals surface area contributed by atoms with Crippen molar-refractivity contribution in [1.29, 1.82) is 0 Å². The first-order valence-electron chi connectivity index (χ1n) is 4.48. The molecular formula is C10H8ClN2O3+. The van der Waals surface area contributed by atoms with Gasteiger partial charge in [0.25, 0.3) is 0 Å². The van der Waals surface area contributed by atoms with Crippen molar-refractivity contribution < 1.29 is 14.0 Å². The van der Waals surface area contributed by atoms with Crippen LogP contribution in [0, 0.1) is 6.92 Å². The predicted molar refractivity (Wildman–Crippen MR) is 56.0 cm³/mol. The Morgan fingerprint density at radius 3 is 2.88 bits per heavy atom. The number of carbonyl (C=O) groups excluding carboxylic acids is 1. The highest BCUT2D eigenvalue weighted by molar-refractivity contribution is 6.30. The van der Waals surface area contributed by atoms with Gasteiger partial charge < -0.3 is 0 Å². The van der Waals surface area contributed by atoms with Gasteiger partial charge in [-0.2, -0.15) is 0 Å². The maximum atomic E-state index is 11.1. The van der Waals surface area contributed by atoms with Crippen LogP contribution in [-0.2, 0) is 0 Å². The van der Waals surface area contributed by atoms with Crippen LogP contribution < -0.4 is 10.3 Å². The third-order valence-corrected chi connectivity index (χ3v) is 2.43. The van der Waals surface area contributed by atoms with Crippen LogP contribution in [0.2, 0.25) is 5.02 Å². The van der Waals surface area contributed by atoms with E-state index in [-0.39, 0.29) is 5.69 Å². The second kappa shape index (κ2) is 3.94. The summed E-state index contributed by atoms with van der Waals surface area (Å²) in [6.45, 7) is 1.81. The summed E-state index contributed by atoms with van der Waals surface area (Å²) in [5.41, 5.74) is 0.657. The number of aryl methyl sites for hydroxylation is 1. The summed E-state index contributed by atoms with van der Waals surface area (Å²) in [7, 11) is 0. The topological polar surface area (TPSA) is 67.0 Å². The number of nitrogens with one attached hydrogen (secondary N) is 1. The van der Waals surface area contributed by atoms with Gasteiger partial charge in [-0.15, -0.1) is 0 Å². The van der Waals surface area contributed by atoms with E-state index in [0.29, 0.717) is 17.0 Å². The van der Waals surface area contributed by atoms with Crippen LogP contribution >= 0.6 is 11.6 Å². The molecule has 0 aliphatic rings. The van der Waals surface area contributed by atoms with E-state index >= 15 is 0 Å². The van der Waals surface area contributed by atoms with Crippen molar-refractivity contribution in [3.8, 4) is 5.69 Å². The smallest absolute Gasteiger partial charge is 0.291 e. The van der Waals surface area contributed by atoms with Crippen molar-refractivity contribution in [2.24, 2.45) is 0 Å². The second-order valence-corrected chi connectivity index (χ2v) is 3.69. The SMILES string of the molecule is Cc1cc(Cl)ccc1-[n+]1[nH]oc(=O)c1C=O. The van der Waals surface area contributed by atoms with Gasteiger partial charge in [0, 0.05) is 16.7 Å². The average Bonchev–Trinajstić information content (AvgIpc) is 2.59. The van der Waals surface area contributed by atoms with Crippen molar-refractivity contribution in [3.05, 3.63) is 44.9 Å².